The minimum absolute atomic E-state index is 0.0103. The SMILES string of the molecule is O=c1ccc(-c2ccc(OC(F)F)c(OCC3CC3)c2)n[nH]1. The number of benzene rings is 1. The van der Waals surface area contributed by atoms with Gasteiger partial charge in [0.05, 0.1) is 12.3 Å². The number of hydrogen-bond donors (Lipinski definition) is 1. The lowest BCUT2D eigenvalue weighted by atomic mass is 10.1. The highest BCUT2D eigenvalue weighted by Crippen LogP contribution is 2.35. The third-order valence-electron chi connectivity index (χ3n) is 3.31. The van der Waals surface area contributed by atoms with Crippen LogP contribution in [-0.4, -0.2) is 23.4 Å². The molecule has 1 aliphatic rings. The summed E-state index contributed by atoms with van der Waals surface area (Å²) < 4.78 is 35.0. The summed E-state index contributed by atoms with van der Waals surface area (Å²) in [5, 5.41) is 6.23. The lowest BCUT2D eigenvalue weighted by Crippen LogP contribution is -2.07. The van der Waals surface area contributed by atoms with Gasteiger partial charge in [0, 0.05) is 11.6 Å². The Bertz CT molecular complexity index is 694. The van der Waals surface area contributed by atoms with Crippen molar-refractivity contribution in [3.05, 3.63) is 40.7 Å². The van der Waals surface area contributed by atoms with Gasteiger partial charge in [-0.15, -0.1) is 0 Å². The molecule has 2 aromatic rings. The summed E-state index contributed by atoms with van der Waals surface area (Å²) >= 11 is 0. The molecule has 0 atom stereocenters. The first-order valence-corrected chi connectivity index (χ1v) is 6.89. The summed E-state index contributed by atoms with van der Waals surface area (Å²) in [5.41, 5.74) is 0.842. The van der Waals surface area contributed by atoms with E-state index in [2.05, 4.69) is 14.9 Å². The third-order valence-corrected chi connectivity index (χ3v) is 3.31. The van der Waals surface area contributed by atoms with E-state index in [4.69, 9.17) is 4.74 Å². The number of aromatic amines is 1. The van der Waals surface area contributed by atoms with Crippen LogP contribution in [0.1, 0.15) is 12.8 Å². The molecule has 5 nitrogen and oxygen atoms in total. The molecule has 22 heavy (non-hydrogen) atoms. The number of nitrogens with zero attached hydrogens (tertiary/aromatic N) is 1. The number of alkyl halides is 2. The summed E-state index contributed by atoms with van der Waals surface area (Å²) in [6, 6.07) is 7.47. The normalized spacial score (nSPS) is 14.1. The largest absolute Gasteiger partial charge is 0.489 e. The smallest absolute Gasteiger partial charge is 0.387 e. The molecule has 1 saturated carbocycles. The van der Waals surface area contributed by atoms with Crippen LogP contribution < -0.4 is 15.0 Å². The number of H-pyrrole nitrogens is 1. The fourth-order valence-corrected chi connectivity index (χ4v) is 1.97. The fourth-order valence-electron chi connectivity index (χ4n) is 1.97. The van der Waals surface area contributed by atoms with Crippen molar-refractivity contribution in [1.29, 1.82) is 0 Å². The maximum atomic E-state index is 12.4. The first-order chi connectivity index (χ1) is 10.6. The van der Waals surface area contributed by atoms with Crippen molar-refractivity contribution in [1.82, 2.24) is 10.2 Å². The first kappa shape index (κ1) is 14.5. The second kappa shape index (κ2) is 6.13. The van der Waals surface area contributed by atoms with Gasteiger partial charge in [0.2, 0.25) is 0 Å². The molecule has 7 heteroatoms. The molecular formula is C15H14F2N2O3. The molecule has 0 radical (unpaired) electrons. The zero-order valence-electron chi connectivity index (χ0n) is 11.6. The van der Waals surface area contributed by atoms with Crippen LogP contribution in [-0.2, 0) is 0 Å². The molecule has 116 valence electrons. The molecule has 1 fully saturated rings. The van der Waals surface area contributed by atoms with E-state index in [1.54, 1.807) is 18.2 Å². The van der Waals surface area contributed by atoms with E-state index in [1.807, 2.05) is 0 Å². The fraction of sp³-hybridized carbons (Fsp3) is 0.333. The molecule has 0 unspecified atom stereocenters. The highest BCUT2D eigenvalue weighted by molar-refractivity contribution is 5.63. The molecule has 1 aromatic carbocycles. The number of rotatable bonds is 6. The monoisotopic (exact) mass is 308 g/mol. The average Bonchev–Trinajstić information content (AvgIpc) is 3.31. The quantitative estimate of drug-likeness (QED) is 0.891. The van der Waals surface area contributed by atoms with Crippen molar-refractivity contribution in [2.45, 2.75) is 19.5 Å². The Labute approximate surface area is 124 Å². The highest BCUT2D eigenvalue weighted by atomic mass is 19.3. The minimum atomic E-state index is -2.92. The maximum Gasteiger partial charge on any atom is 0.387 e. The van der Waals surface area contributed by atoms with Crippen LogP contribution >= 0.6 is 0 Å². The van der Waals surface area contributed by atoms with Crippen LogP contribution in [0.25, 0.3) is 11.3 Å². The van der Waals surface area contributed by atoms with Gasteiger partial charge < -0.3 is 9.47 Å². The summed E-state index contributed by atoms with van der Waals surface area (Å²) in [6.45, 7) is -2.44. The van der Waals surface area contributed by atoms with Crippen molar-refractivity contribution in [3.8, 4) is 22.8 Å². The zero-order valence-corrected chi connectivity index (χ0v) is 11.6. The third kappa shape index (κ3) is 3.60. The van der Waals surface area contributed by atoms with Gasteiger partial charge in [-0.1, -0.05) is 0 Å². The van der Waals surface area contributed by atoms with E-state index in [0.29, 0.717) is 23.8 Å². The van der Waals surface area contributed by atoms with E-state index >= 15 is 0 Å². The molecule has 0 amide bonds. The van der Waals surface area contributed by atoms with Gasteiger partial charge in [-0.2, -0.15) is 13.9 Å². The Hall–Kier alpha value is -2.44. The zero-order chi connectivity index (χ0) is 15.5. The van der Waals surface area contributed by atoms with E-state index in [1.165, 1.54) is 12.1 Å². The van der Waals surface area contributed by atoms with Crippen molar-refractivity contribution in [3.63, 3.8) is 0 Å². The van der Waals surface area contributed by atoms with E-state index in [-0.39, 0.29) is 17.1 Å². The summed E-state index contributed by atoms with van der Waals surface area (Å²) in [5.74, 6) is 0.718. The van der Waals surface area contributed by atoms with Gasteiger partial charge in [-0.25, -0.2) is 5.10 Å². The van der Waals surface area contributed by atoms with Crippen LogP contribution in [0.3, 0.4) is 0 Å². The van der Waals surface area contributed by atoms with Gasteiger partial charge in [0.15, 0.2) is 11.5 Å². The second-order valence-electron chi connectivity index (χ2n) is 5.10. The molecule has 0 saturated heterocycles. The van der Waals surface area contributed by atoms with Gasteiger partial charge >= 0.3 is 6.61 Å². The van der Waals surface area contributed by atoms with Crippen LogP contribution in [0.5, 0.6) is 11.5 Å². The molecular weight excluding hydrogens is 294 g/mol. The van der Waals surface area contributed by atoms with Crippen LogP contribution in [0.4, 0.5) is 8.78 Å². The topological polar surface area (TPSA) is 64.2 Å². The standard InChI is InChI=1S/C15H14F2N2O3/c16-15(17)22-12-5-3-10(11-4-6-14(20)19-18-11)7-13(12)21-8-9-1-2-9/h3-7,9,15H,1-2,8H2,(H,19,20). The molecule has 1 N–H and O–H groups in total. The minimum Gasteiger partial charge on any atom is -0.489 e. The van der Waals surface area contributed by atoms with Crippen LogP contribution in [0, 0.1) is 5.92 Å². The molecule has 1 aliphatic carbocycles. The van der Waals surface area contributed by atoms with Crippen molar-refractivity contribution in [2.24, 2.45) is 5.92 Å². The Balaban J connectivity index is 1.88. The van der Waals surface area contributed by atoms with Gasteiger partial charge in [0.1, 0.15) is 0 Å². The Morgan fingerprint density at radius 3 is 2.68 bits per heavy atom. The van der Waals surface area contributed by atoms with Crippen molar-refractivity contribution >= 4 is 0 Å². The predicted molar refractivity (Wildman–Crippen MR) is 75.1 cm³/mol. The van der Waals surface area contributed by atoms with Crippen molar-refractivity contribution < 1.29 is 18.3 Å². The maximum absolute atomic E-state index is 12.4. The van der Waals surface area contributed by atoms with E-state index in [9.17, 15) is 13.6 Å². The molecule has 3 rings (SSSR count). The molecule has 0 bridgehead atoms. The van der Waals surface area contributed by atoms with Crippen molar-refractivity contribution in [2.75, 3.05) is 6.61 Å². The van der Waals surface area contributed by atoms with Crippen LogP contribution in [0.15, 0.2) is 35.1 Å². The Kier molecular flexibility index (Phi) is 4.04. The van der Waals surface area contributed by atoms with E-state index < -0.39 is 6.61 Å². The molecule has 1 aromatic heterocycles. The summed E-state index contributed by atoms with van der Waals surface area (Å²) in [4.78, 5) is 11.0. The predicted octanol–water partition coefficient (Wildman–Crippen LogP) is 2.83. The van der Waals surface area contributed by atoms with Crippen LogP contribution in [0.2, 0.25) is 0 Å². The second-order valence-corrected chi connectivity index (χ2v) is 5.10. The first-order valence-electron chi connectivity index (χ1n) is 6.89. The summed E-state index contributed by atoms with van der Waals surface area (Å²) in [6.07, 6.45) is 2.18. The number of halogens is 2. The Morgan fingerprint density at radius 1 is 1.23 bits per heavy atom. The number of hydrogen-bond acceptors (Lipinski definition) is 4. The number of nitrogens with one attached hydrogen (secondary N) is 1. The van der Waals surface area contributed by atoms with E-state index in [0.717, 1.165) is 12.8 Å². The number of ether oxygens (including phenoxy) is 2. The molecule has 0 aliphatic heterocycles. The average molecular weight is 308 g/mol. The molecule has 1 heterocycles. The number of aromatic nitrogens is 2. The van der Waals surface area contributed by atoms with Gasteiger partial charge in [-0.3, -0.25) is 4.79 Å². The molecule has 0 spiro atoms. The summed E-state index contributed by atoms with van der Waals surface area (Å²) in [7, 11) is 0. The highest BCUT2D eigenvalue weighted by Gasteiger charge is 2.23. The van der Waals surface area contributed by atoms with Gasteiger partial charge in [-0.05, 0) is 43.0 Å². The lowest BCUT2D eigenvalue weighted by molar-refractivity contribution is -0.0515. The lowest BCUT2D eigenvalue weighted by Gasteiger charge is -2.13. The van der Waals surface area contributed by atoms with Gasteiger partial charge in [0.25, 0.3) is 5.56 Å². The Morgan fingerprint density at radius 2 is 2.05 bits per heavy atom.